The Bertz CT molecular complexity index is 685. The van der Waals surface area contributed by atoms with Crippen molar-refractivity contribution < 1.29 is 14.0 Å². The van der Waals surface area contributed by atoms with Crippen molar-refractivity contribution in [2.24, 2.45) is 0 Å². The van der Waals surface area contributed by atoms with Crippen LogP contribution in [0.3, 0.4) is 0 Å². The first-order valence-electron chi connectivity index (χ1n) is 6.28. The number of hydrogen-bond acceptors (Lipinski definition) is 3. The van der Waals surface area contributed by atoms with Crippen LogP contribution in [0.4, 0.5) is 0 Å². The third-order valence-corrected chi connectivity index (χ3v) is 3.45. The summed E-state index contributed by atoms with van der Waals surface area (Å²) in [6.07, 6.45) is 6.26. The zero-order valence-electron chi connectivity index (χ0n) is 11.2. The molecule has 3 rings (SSSR count). The lowest BCUT2D eigenvalue weighted by atomic mass is 9.99. The van der Waals surface area contributed by atoms with Gasteiger partial charge in [-0.15, -0.1) is 0 Å². The Morgan fingerprint density at radius 2 is 1.60 bits per heavy atom. The molecule has 0 saturated carbocycles. The van der Waals surface area contributed by atoms with Gasteiger partial charge in [0.15, 0.2) is 0 Å². The molecule has 0 spiro atoms. The first-order chi connectivity index (χ1) is 9.59. The van der Waals surface area contributed by atoms with Gasteiger partial charge in [-0.25, -0.2) is 4.90 Å². The van der Waals surface area contributed by atoms with Gasteiger partial charge in [-0.05, 0) is 37.1 Å². The fourth-order valence-corrected chi connectivity index (χ4v) is 2.36. The van der Waals surface area contributed by atoms with Crippen LogP contribution >= 0.6 is 0 Å². The molecule has 0 atom stereocenters. The average Bonchev–Trinajstić information content (AvgIpc) is 3.01. The number of furan rings is 1. The molecule has 20 heavy (non-hydrogen) atoms. The first-order valence-corrected chi connectivity index (χ1v) is 6.28. The smallest absolute Gasteiger partial charge is 0.265 e. The van der Waals surface area contributed by atoms with Gasteiger partial charge in [0.25, 0.3) is 11.8 Å². The summed E-state index contributed by atoms with van der Waals surface area (Å²) in [7, 11) is 0. The lowest BCUT2D eigenvalue weighted by Gasteiger charge is -2.06. The minimum absolute atomic E-state index is 0.272. The van der Waals surface area contributed by atoms with E-state index in [0.717, 1.165) is 21.6 Å². The standard InChI is InChI=1S/C16H13NO3/c1-10-3-4-11(2)14-13(10)15(18)17(16(14)19)7-5-12-6-8-20-9-12/h3-9H,1-2H3/b7-5+. The van der Waals surface area contributed by atoms with Gasteiger partial charge in [-0.1, -0.05) is 12.1 Å². The fourth-order valence-electron chi connectivity index (χ4n) is 2.36. The maximum Gasteiger partial charge on any atom is 0.265 e. The second-order valence-electron chi connectivity index (χ2n) is 4.80. The van der Waals surface area contributed by atoms with Crippen LogP contribution in [0.1, 0.15) is 37.4 Å². The van der Waals surface area contributed by atoms with Crippen LogP contribution in [0.5, 0.6) is 0 Å². The van der Waals surface area contributed by atoms with E-state index in [0.29, 0.717) is 11.1 Å². The van der Waals surface area contributed by atoms with Crippen molar-refractivity contribution in [3.63, 3.8) is 0 Å². The summed E-state index contributed by atoms with van der Waals surface area (Å²) in [6.45, 7) is 3.68. The molecule has 0 aliphatic carbocycles. The Morgan fingerprint density at radius 1 is 1.00 bits per heavy atom. The number of carbonyl (C=O) groups excluding carboxylic acids is 2. The van der Waals surface area contributed by atoms with E-state index in [1.54, 1.807) is 18.4 Å². The summed E-state index contributed by atoms with van der Waals surface area (Å²) in [4.78, 5) is 25.9. The van der Waals surface area contributed by atoms with E-state index in [1.165, 1.54) is 12.5 Å². The summed E-state index contributed by atoms with van der Waals surface area (Å²) in [5.74, 6) is -0.545. The zero-order chi connectivity index (χ0) is 14.3. The monoisotopic (exact) mass is 267 g/mol. The quantitative estimate of drug-likeness (QED) is 0.785. The van der Waals surface area contributed by atoms with Gasteiger partial charge in [-0.2, -0.15) is 0 Å². The third kappa shape index (κ3) is 1.77. The van der Waals surface area contributed by atoms with E-state index in [-0.39, 0.29) is 11.8 Å². The topological polar surface area (TPSA) is 50.5 Å². The SMILES string of the molecule is Cc1ccc(C)c2c1C(=O)N(/C=C/c1ccoc1)C2=O. The zero-order valence-corrected chi connectivity index (χ0v) is 11.2. The van der Waals surface area contributed by atoms with Gasteiger partial charge in [0, 0.05) is 11.8 Å². The van der Waals surface area contributed by atoms with E-state index in [4.69, 9.17) is 4.42 Å². The molecule has 1 aromatic heterocycles. The lowest BCUT2D eigenvalue weighted by Crippen LogP contribution is -2.23. The highest BCUT2D eigenvalue weighted by atomic mass is 16.3. The summed E-state index contributed by atoms with van der Waals surface area (Å²) in [6, 6.07) is 5.48. The van der Waals surface area contributed by atoms with Crippen LogP contribution in [0, 0.1) is 13.8 Å². The molecule has 100 valence electrons. The van der Waals surface area contributed by atoms with Crippen molar-refractivity contribution in [1.29, 1.82) is 0 Å². The van der Waals surface area contributed by atoms with Crippen molar-refractivity contribution in [2.45, 2.75) is 13.8 Å². The number of carbonyl (C=O) groups is 2. The average molecular weight is 267 g/mol. The van der Waals surface area contributed by atoms with Crippen molar-refractivity contribution in [2.75, 3.05) is 0 Å². The van der Waals surface area contributed by atoms with E-state index in [2.05, 4.69) is 0 Å². The van der Waals surface area contributed by atoms with Crippen LogP contribution in [0.15, 0.2) is 41.3 Å². The molecule has 2 heterocycles. The predicted octanol–water partition coefficient (Wildman–Crippen LogP) is 3.16. The summed E-state index contributed by atoms with van der Waals surface area (Å²) in [5, 5.41) is 0. The molecule has 0 fully saturated rings. The van der Waals surface area contributed by atoms with E-state index in [9.17, 15) is 9.59 Å². The molecule has 4 nitrogen and oxygen atoms in total. The highest BCUT2D eigenvalue weighted by Gasteiger charge is 2.36. The molecule has 0 N–H and O–H groups in total. The van der Waals surface area contributed by atoms with E-state index < -0.39 is 0 Å². The third-order valence-electron chi connectivity index (χ3n) is 3.45. The minimum Gasteiger partial charge on any atom is -0.472 e. The molecule has 0 unspecified atom stereocenters. The molecule has 1 aliphatic rings. The molecule has 1 aliphatic heterocycles. The number of fused-ring (bicyclic) bond motifs is 1. The molecule has 0 saturated heterocycles. The molecule has 0 bridgehead atoms. The largest absolute Gasteiger partial charge is 0.472 e. The summed E-state index contributed by atoms with van der Waals surface area (Å²) >= 11 is 0. The number of imide groups is 1. The summed E-state index contributed by atoms with van der Waals surface area (Å²) < 4.78 is 4.94. The maximum absolute atomic E-state index is 12.4. The van der Waals surface area contributed by atoms with E-state index in [1.807, 2.05) is 26.0 Å². The number of nitrogens with zero attached hydrogens (tertiary/aromatic N) is 1. The normalized spacial score (nSPS) is 14.4. The van der Waals surface area contributed by atoms with Crippen molar-refractivity contribution >= 4 is 17.9 Å². The van der Waals surface area contributed by atoms with Crippen LogP contribution < -0.4 is 0 Å². The molecule has 4 heteroatoms. The lowest BCUT2D eigenvalue weighted by molar-refractivity contribution is 0.0722. The molecule has 2 aromatic rings. The summed E-state index contributed by atoms with van der Waals surface area (Å²) in [5.41, 5.74) is 3.46. The number of aryl methyl sites for hydroxylation is 2. The van der Waals surface area contributed by atoms with Crippen molar-refractivity contribution in [3.05, 3.63) is 64.7 Å². The van der Waals surface area contributed by atoms with Crippen molar-refractivity contribution in [3.8, 4) is 0 Å². The Kier molecular flexibility index (Phi) is 2.79. The number of rotatable bonds is 2. The number of amides is 2. The second-order valence-corrected chi connectivity index (χ2v) is 4.80. The van der Waals surface area contributed by atoms with Gasteiger partial charge in [0.2, 0.25) is 0 Å². The predicted molar refractivity (Wildman–Crippen MR) is 74.2 cm³/mol. The van der Waals surface area contributed by atoms with Crippen LogP contribution in [0.2, 0.25) is 0 Å². The number of benzene rings is 1. The van der Waals surface area contributed by atoms with Gasteiger partial charge < -0.3 is 4.42 Å². The van der Waals surface area contributed by atoms with Crippen LogP contribution in [-0.2, 0) is 0 Å². The minimum atomic E-state index is -0.272. The van der Waals surface area contributed by atoms with Crippen LogP contribution in [0.25, 0.3) is 6.08 Å². The van der Waals surface area contributed by atoms with Crippen molar-refractivity contribution in [1.82, 2.24) is 4.90 Å². The maximum atomic E-state index is 12.4. The van der Waals surface area contributed by atoms with Gasteiger partial charge in [0.05, 0.1) is 23.7 Å². The van der Waals surface area contributed by atoms with E-state index >= 15 is 0 Å². The van der Waals surface area contributed by atoms with Crippen LogP contribution in [-0.4, -0.2) is 16.7 Å². The highest BCUT2D eigenvalue weighted by molar-refractivity contribution is 6.23. The fraction of sp³-hybridized carbons (Fsp3) is 0.125. The Labute approximate surface area is 116 Å². The van der Waals surface area contributed by atoms with Gasteiger partial charge in [0.1, 0.15) is 0 Å². The van der Waals surface area contributed by atoms with Gasteiger partial charge >= 0.3 is 0 Å². The Morgan fingerprint density at radius 3 is 2.10 bits per heavy atom. The Hall–Kier alpha value is -2.62. The highest BCUT2D eigenvalue weighted by Crippen LogP contribution is 2.29. The molecular formula is C16H13NO3. The Balaban J connectivity index is 2.02. The first kappa shape index (κ1) is 12.4. The molecule has 1 aromatic carbocycles. The molecular weight excluding hydrogens is 254 g/mol. The second kappa shape index (κ2) is 4.49. The van der Waals surface area contributed by atoms with Gasteiger partial charge in [-0.3, -0.25) is 9.59 Å². The molecule has 0 radical (unpaired) electrons. The molecule has 2 amide bonds. The number of hydrogen-bond donors (Lipinski definition) is 0.